The van der Waals surface area contributed by atoms with Gasteiger partial charge in [0.15, 0.2) is 9.84 Å². The Balaban J connectivity index is 1.39. The number of hydrogen-bond acceptors (Lipinski definition) is 3. The standard InChI is InChI=1S/C25H32FNO2S/c26-22-11-7-19(8-12-22)16-24-23-15-18(6-9-21(23)10-13-25(24)27)3-1-2-14-30(28,29)17-20-4-5-20/h6-9,11-12,15,20,24-25H,1-5,10,13-14,16-17,27H2. The Hall–Kier alpha value is -1.72. The molecule has 0 aliphatic heterocycles. The molecule has 5 heteroatoms. The van der Waals surface area contributed by atoms with Gasteiger partial charge in [0.05, 0.1) is 11.5 Å². The van der Waals surface area contributed by atoms with Crippen LogP contribution in [0.25, 0.3) is 0 Å². The Morgan fingerprint density at radius 1 is 0.967 bits per heavy atom. The number of halogens is 1. The first kappa shape index (κ1) is 21.5. The lowest BCUT2D eigenvalue weighted by atomic mass is 9.76. The fourth-order valence-electron chi connectivity index (χ4n) is 4.64. The van der Waals surface area contributed by atoms with Crippen molar-refractivity contribution in [3.05, 3.63) is 70.5 Å². The van der Waals surface area contributed by atoms with Gasteiger partial charge in [-0.3, -0.25) is 0 Å². The molecule has 2 unspecified atom stereocenters. The molecule has 0 bridgehead atoms. The highest BCUT2D eigenvalue weighted by atomic mass is 32.2. The second-order valence-electron chi connectivity index (χ2n) is 9.19. The Kier molecular flexibility index (Phi) is 6.59. The first-order valence-corrected chi connectivity index (χ1v) is 13.0. The third kappa shape index (κ3) is 5.70. The third-order valence-electron chi connectivity index (χ3n) is 6.60. The van der Waals surface area contributed by atoms with Crippen LogP contribution >= 0.6 is 0 Å². The minimum atomic E-state index is -2.88. The Morgan fingerprint density at radius 2 is 1.70 bits per heavy atom. The molecule has 2 aliphatic rings. The van der Waals surface area contributed by atoms with E-state index in [1.807, 2.05) is 12.1 Å². The maximum atomic E-state index is 13.3. The summed E-state index contributed by atoms with van der Waals surface area (Å²) in [5.41, 5.74) is 11.5. The number of fused-ring (bicyclic) bond motifs is 1. The van der Waals surface area contributed by atoms with Gasteiger partial charge in [0.2, 0.25) is 0 Å². The van der Waals surface area contributed by atoms with Gasteiger partial charge in [0.25, 0.3) is 0 Å². The molecule has 1 fully saturated rings. The van der Waals surface area contributed by atoms with Crippen LogP contribution in [0.15, 0.2) is 42.5 Å². The molecule has 2 aromatic rings. The van der Waals surface area contributed by atoms with Gasteiger partial charge in [-0.15, -0.1) is 0 Å². The second-order valence-corrected chi connectivity index (χ2v) is 11.4. The van der Waals surface area contributed by atoms with Gasteiger partial charge >= 0.3 is 0 Å². The molecule has 0 radical (unpaired) electrons. The molecule has 2 N–H and O–H groups in total. The van der Waals surface area contributed by atoms with Crippen LogP contribution in [0.4, 0.5) is 4.39 Å². The van der Waals surface area contributed by atoms with E-state index in [1.165, 1.54) is 28.8 Å². The largest absolute Gasteiger partial charge is 0.327 e. The van der Waals surface area contributed by atoms with Crippen molar-refractivity contribution in [2.75, 3.05) is 11.5 Å². The van der Waals surface area contributed by atoms with Crippen LogP contribution < -0.4 is 5.73 Å². The van der Waals surface area contributed by atoms with Crippen molar-refractivity contribution in [2.24, 2.45) is 11.7 Å². The highest BCUT2D eigenvalue weighted by molar-refractivity contribution is 7.91. The molecule has 2 aromatic carbocycles. The van der Waals surface area contributed by atoms with E-state index in [2.05, 4.69) is 18.2 Å². The van der Waals surface area contributed by atoms with Crippen molar-refractivity contribution >= 4 is 9.84 Å². The zero-order valence-corrected chi connectivity index (χ0v) is 18.3. The minimum absolute atomic E-state index is 0.102. The summed E-state index contributed by atoms with van der Waals surface area (Å²) in [6.07, 6.45) is 7.45. The summed E-state index contributed by atoms with van der Waals surface area (Å²) < 4.78 is 37.5. The van der Waals surface area contributed by atoms with Crippen molar-refractivity contribution in [3.63, 3.8) is 0 Å². The second kappa shape index (κ2) is 9.19. The molecule has 4 rings (SSSR count). The normalized spacial score (nSPS) is 21.4. The number of hydrogen-bond donors (Lipinski definition) is 1. The van der Waals surface area contributed by atoms with Crippen molar-refractivity contribution in [3.8, 4) is 0 Å². The van der Waals surface area contributed by atoms with E-state index >= 15 is 0 Å². The molecular formula is C25H32FNO2S. The zero-order chi connectivity index (χ0) is 21.1. The van der Waals surface area contributed by atoms with Crippen molar-refractivity contribution < 1.29 is 12.8 Å². The van der Waals surface area contributed by atoms with Crippen LogP contribution in [0.2, 0.25) is 0 Å². The highest BCUT2D eigenvalue weighted by Gasteiger charge is 2.28. The molecule has 162 valence electrons. The summed E-state index contributed by atoms with van der Waals surface area (Å²) in [5.74, 6) is 1.14. The molecule has 0 spiro atoms. The quantitative estimate of drug-likeness (QED) is 0.594. The molecule has 30 heavy (non-hydrogen) atoms. The SMILES string of the molecule is NC1CCc2ccc(CCCCS(=O)(=O)CC3CC3)cc2C1Cc1ccc(F)cc1. The van der Waals surface area contributed by atoms with Crippen LogP contribution in [0, 0.1) is 11.7 Å². The molecule has 2 aliphatic carbocycles. The van der Waals surface area contributed by atoms with Gasteiger partial charge in [-0.2, -0.15) is 0 Å². The predicted molar refractivity (Wildman–Crippen MR) is 120 cm³/mol. The summed E-state index contributed by atoms with van der Waals surface area (Å²) in [6, 6.07) is 13.5. The predicted octanol–water partition coefficient (Wildman–Crippen LogP) is 4.57. The Bertz CT molecular complexity index is 967. The summed E-state index contributed by atoms with van der Waals surface area (Å²) in [7, 11) is -2.88. The molecule has 2 atom stereocenters. The molecule has 0 aromatic heterocycles. The molecular weight excluding hydrogens is 397 g/mol. The molecule has 3 nitrogen and oxygen atoms in total. The van der Waals surface area contributed by atoms with Crippen LogP contribution in [0.1, 0.15) is 60.3 Å². The van der Waals surface area contributed by atoms with Crippen molar-refractivity contribution in [2.45, 2.75) is 63.3 Å². The number of benzene rings is 2. The van der Waals surface area contributed by atoms with Crippen LogP contribution in [0.3, 0.4) is 0 Å². The molecule has 0 heterocycles. The van der Waals surface area contributed by atoms with Gasteiger partial charge in [-0.05, 0) is 91.7 Å². The van der Waals surface area contributed by atoms with Gasteiger partial charge in [-0.1, -0.05) is 30.3 Å². The Labute approximate surface area is 179 Å². The highest BCUT2D eigenvalue weighted by Crippen LogP contribution is 2.35. The number of sulfone groups is 1. The number of nitrogens with two attached hydrogens (primary N) is 1. The lowest BCUT2D eigenvalue weighted by Crippen LogP contribution is -2.34. The smallest absolute Gasteiger partial charge is 0.150 e. The third-order valence-corrected chi connectivity index (χ3v) is 8.49. The first-order valence-electron chi connectivity index (χ1n) is 11.2. The fraction of sp³-hybridized carbons (Fsp3) is 0.520. The van der Waals surface area contributed by atoms with Crippen molar-refractivity contribution in [1.82, 2.24) is 0 Å². The van der Waals surface area contributed by atoms with Crippen molar-refractivity contribution in [1.29, 1.82) is 0 Å². The van der Waals surface area contributed by atoms with Gasteiger partial charge in [-0.25, -0.2) is 12.8 Å². The molecule has 1 saturated carbocycles. The summed E-state index contributed by atoms with van der Waals surface area (Å²) in [6.45, 7) is 0. The maximum absolute atomic E-state index is 13.3. The van der Waals surface area contributed by atoms with E-state index in [-0.39, 0.29) is 17.8 Å². The zero-order valence-electron chi connectivity index (χ0n) is 17.5. The van der Waals surface area contributed by atoms with E-state index in [0.29, 0.717) is 17.4 Å². The number of unbranched alkanes of at least 4 members (excludes halogenated alkanes) is 1. The Morgan fingerprint density at radius 3 is 2.43 bits per heavy atom. The lowest BCUT2D eigenvalue weighted by Gasteiger charge is -2.32. The van der Waals surface area contributed by atoms with E-state index < -0.39 is 9.84 Å². The van der Waals surface area contributed by atoms with E-state index in [1.54, 1.807) is 0 Å². The van der Waals surface area contributed by atoms with Crippen LogP contribution in [0.5, 0.6) is 0 Å². The number of aryl methyl sites for hydroxylation is 2. The summed E-state index contributed by atoms with van der Waals surface area (Å²) >= 11 is 0. The van der Waals surface area contributed by atoms with Gasteiger partial charge < -0.3 is 5.73 Å². The van der Waals surface area contributed by atoms with E-state index in [0.717, 1.165) is 56.9 Å². The summed E-state index contributed by atoms with van der Waals surface area (Å²) in [4.78, 5) is 0. The van der Waals surface area contributed by atoms with E-state index in [4.69, 9.17) is 5.73 Å². The lowest BCUT2D eigenvalue weighted by molar-refractivity contribution is 0.467. The monoisotopic (exact) mass is 429 g/mol. The number of rotatable bonds is 9. The maximum Gasteiger partial charge on any atom is 0.150 e. The topological polar surface area (TPSA) is 60.2 Å². The molecule has 0 saturated heterocycles. The van der Waals surface area contributed by atoms with Gasteiger partial charge in [0.1, 0.15) is 5.82 Å². The minimum Gasteiger partial charge on any atom is -0.327 e. The average molecular weight is 430 g/mol. The summed E-state index contributed by atoms with van der Waals surface area (Å²) in [5, 5.41) is 0. The van der Waals surface area contributed by atoms with Gasteiger partial charge in [0, 0.05) is 12.0 Å². The van der Waals surface area contributed by atoms with E-state index in [9.17, 15) is 12.8 Å². The molecule has 0 amide bonds. The van der Waals surface area contributed by atoms with Crippen LogP contribution in [-0.4, -0.2) is 26.0 Å². The first-order chi connectivity index (χ1) is 14.4. The van der Waals surface area contributed by atoms with Crippen LogP contribution in [-0.2, 0) is 29.1 Å². The fourth-order valence-corrected chi connectivity index (χ4v) is 6.50. The average Bonchev–Trinajstić information content (AvgIpc) is 3.52.